The smallest absolute Gasteiger partial charge is 0.462 e. The van der Waals surface area contributed by atoms with E-state index in [1.165, 1.54) is 128 Å². The lowest BCUT2D eigenvalue weighted by atomic mass is 10.0. The Labute approximate surface area is 448 Å². The molecule has 418 valence electrons. The van der Waals surface area contributed by atoms with Gasteiger partial charge in [-0.1, -0.05) is 258 Å². The molecule has 0 aliphatic heterocycles. The molecule has 9 nitrogen and oxygen atoms in total. The van der Waals surface area contributed by atoms with Gasteiger partial charge in [-0.05, 0) is 83.5 Å². The van der Waals surface area contributed by atoms with E-state index in [0.29, 0.717) is 12.8 Å². The van der Waals surface area contributed by atoms with Gasteiger partial charge in [-0.2, -0.15) is 0 Å². The van der Waals surface area contributed by atoms with Crippen LogP contribution in [0.2, 0.25) is 0 Å². The van der Waals surface area contributed by atoms with E-state index >= 15 is 0 Å². The zero-order valence-electron chi connectivity index (χ0n) is 46.6. The van der Waals surface area contributed by atoms with E-state index in [4.69, 9.17) is 24.3 Å². The average molecular weight is 1040 g/mol. The van der Waals surface area contributed by atoms with Gasteiger partial charge < -0.3 is 20.1 Å². The van der Waals surface area contributed by atoms with E-state index in [1.54, 1.807) is 0 Å². The predicted molar refractivity (Wildman–Crippen MR) is 311 cm³/mol. The summed E-state index contributed by atoms with van der Waals surface area (Å²) in [5, 5.41) is 0. The number of esters is 2. The first-order chi connectivity index (χ1) is 35.8. The maximum atomic E-state index is 12.7. The molecule has 73 heavy (non-hydrogen) atoms. The van der Waals surface area contributed by atoms with Gasteiger partial charge in [0.2, 0.25) is 0 Å². The number of carbonyl (C=O) groups is 2. The van der Waals surface area contributed by atoms with Crippen LogP contribution in [0.4, 0.5) is 0 Å². The topological polar surface area (TPSA) is 134 Å². The van der Waals surface area contributed by atoms with E-state index in [0.717, 1.165) is 77.0 Å². The van der Waals surface area contributed by atoms with Gasteiger partial charge in [0.1, 0.15) is 6.61 Å². The highest BCUT2D eigenvalue weighted by Gasteiger charge is 2.26. The molecular weight excluding hydrogens is 930 g/mol. The number of rotatable bonds is 54. The maximum absolute atomic E-state index is 12.7. The molecule has 0 radical (unpaired) electrons. The molecule has 0 aliphatic carbocycles. The molecule has 0 rings (SSSR count). The average Bonchev–Trinajstić information content (AvgIpc) is 3.38. The van der Waals surface area contributed by atoms with Crippen molar-refractivity contribution in [2.24, 2.45) is 5.73 Å². The summed E-state index contributed by atoms with van der Waals surface area (Å²) in [6, 6.07) is 0. The van der Waals surface area contributed by atoms with Gasteiger partial charge in [-0.25, -0.2) is 4.57 Å². The second-order valence-corrected chi connectivity index (χ2v) is 20.6. The van der Waals surface area contributed by atoms with E-state index in [-0.39, 0.29) is 32.6 Å². The van der Waals surface area contributed by atoms with E-state index in [1.807, 2.05) is 12.2 Å². The van der Waals surface area contributed by atoms with Gasteiger partial charge in [0.15, 0.2) is 6.10 Å². The number of hydrogen-bond donors (Lipinski definition) is 2. The first kappa shape index (κ1) is 69.7. The molecule has 2 unspecified atom stereocenters. The number of allylic oxidation sites excluding steroid dienone is 18. The fraction of sp³-hybridized carbons (Fsp3) is 0.683. The Morgan fingerprint density at radius 1 is 0.411 bits per heavy atom. The molecule has 0 bridgehead atoms. The molecule has 0 aliphatic rings. The van der Waals surface area contributed by atoms with Crippen molar-refractivity contribution >= 4 is 19.8 Å². The van der Waals surface area contributed by atoms with Crippen LogP contribution in [0.1, 0.15) is 245 Å². The molecule has 0 saturated carbocycles. The summed E-state index contributed by atoms with van der Waals surface area (Å²) in [5.74, 6) is -0.921. The molecule has 0 aromatic carbocycles. The number of phosphoric ester groups is 1. The molecule has 2 atom stereocenters. The Morgan fingerprint density at radius 2 is 0.740 bits per heavy atom. The fourth-order valence-electron chi connectivity index (χ4n) is 7.91. The van der Waals surface area contributed by atoms with Crippen molar-refractivity contribution in [3.63, 3.8) is 0 Å². The molecule has 0 aromatic heterocycles. The van der Waals surface area contributed by atoms with Crippen LogP contribution in [0.25, 0.3) is 0 Å². The normalized spacial score (nSPS) is 13.9. The van der Waals surface area contributed by atoms with Crippen molar-refractivity contribution in [3.8, 4) is 0 Å². The first-order valence-electron chi connectivity index (χ1n) is 29.4. The second-order valence-electron chi connectivity index (χ2n) is 19.1. The summed E-state index contributed by atoms with van der Waals surface area (Å²) >= 11 is 0. The van der Waals surface area contributed by atoms with E-state index in [9.17, 15) is 19.0 Å². The molecule has 0 fully saturated rings. The van der Waals surface area contributed by atoms with Crippen LogP contribution in [-0.2, 0) is 32.7 Å². The SMILES string of the molecule is CC/C=C\C/C=C\C/C=C\C/C=C\C/C=C\CCCCCCCCCCCCCCCCCCCCCCCCCC(=O)OC(COC(=O)CC/C=C\C/C=C\C/C=C\C/C=C\CC)COP(=O)(O)OCCN. The highest BCUT2D eigenvalue weighted by atomic mass is 31.2. The highest BCUT2D eigenvalue weighted by molar-refractivity contribution is 7.47. The van der Waals surface area contributed by atoms with Crippen LogP contribution >= 0.6 is 7.82 Å². The van der Waals surface area contributed by atoms with Crippen LogP contribution in [0.15, 0.2) is 109 Å². The summed E-state index contributed by atoms with van der Waals surface area (Å²) in [4.78, 5) is 35.0. The monoisotopic (exact) mass is 1040 g/mol. The van der Waals surface area contributed by atoms with Crippen LogP contribution < -0.4 is 5.73 Å². The predicted octanol–water partition coefficient (Wildman–Crippen LogP) is 18.6. The van der Waals surface area contributed by atoms with Crippen LogP contribution in [0.3, 0.4) is 0 Å². The van der Waals surface area contributed by atoms with Gasteiger partial charge in [0.05, 0.1) is 13.2 Å². The van der Waals surface area contributed by atoms with Crippen molar-refractivity contribution in [2.75, 3.05) is 26.4 Å². The number of ether oxygens (including phenoxy) is 2. The summed E-state index contributed by atoms with van der Waals surface area (Å²) in [7, 11) is -4.40. The molecule has 10 heteroatoms. The molecule has 0 amide bonds. The number of phosphoric acid groups is 1. The quantitative estimate of drug-likeness (QED) is 0.0264. The van der Waals surface area contributed by atoms with Gasteiger partial charge >= 0.3 is 19.8 Å². The minimum absolute atomic E-state index is 0.0417. The molecule has 3 N–H and O–H groups in total. The Kier molecular flexibility index (Phi) is 55.3. The van der Waals surface area contributed by atoms with Crippen molar-refractivity contribution < 1.29 is 37.6 Å². The molecular formula is C63H108NO8P. The van der Waals surface area contributed by atoms with Gasteiger partial charge in [0.25, 0.3) is 0 Å². The fourth-order valence-corrected chi connectivity index (χ4v) is 8.68. The van der Waals surface area contributed by atoms with E-state index < -0.39 is 32.5 Å². The van der Waals surface area contributed by atoms with Gasteiger partial charge in [-0.3, -0.25) is 18.6 Å². The summed E-state index contributed by atoms with van der Waals surface area (Å²) in [5.41, 5.74) is 5.36. The minimum Gasteiger partial charge on any atom is -0.462 e. The number of nitrogens with two attached hydrogens (primary N) is 1. The summed E-state index contributed by atoms with van der Waals surface area (Å²) < 4.78 is 32.8. The maximum Gasteiger partial charge on any atom is 0.472 e. The van der Waals surface area contributed by atoms with Crippen molar-refractivity contribution in [2.45, 2.75) is 251 Å². The van der Waals surface area contributed by atoms with Gasteiger partial charge in [-0.15, -0.1) is 0 Å². The van der Waals surface area contributed by atoms with Crippen LogP contribution in [0.5, 0.6) is 0 Å². The zero-order chi connectivity index (χ0) is 53.1. The van der Waals surface area contributed by atoms with Crippen molar-refractivity contribution in [1.29, 1.82) is 0 Å². The standard InChI is InChI=1S/C63H108NO8P/c1-3-5-7-9-11-13-15-17-18-19-20-21-22-23-24-25-26-27-28-29-30-31-32-33-34-35-36-37-38-39-40-41-42-44-46-48-50-52-54-56-63(66)72-61(60-71-73(67,68)70-58-57-64)59-69-62(65)55-53-51-49-47-45-43-16-14-12-10-8-6-4-2/h5-8,11-14,17-18,20-21,23-24,43,45,49,51,61H,3-4,9-10,15-16,19,22,25-42,44,46-48,50,52-60,64H2,1-2H3,(H,67,68)/b7-5-,8-6-,13-11-,14-12-,18-17-,21-20-,24-23-,45-43-,51-49-. The van der Waals surface area contributed by atoms with Crippen molar-refractivity contribution in [1.82, 2.24) is 0 Å². The summed E-state index contributed by atoms with van der Waals surface area (Å²) in [6.45, 7) is 3.43. The molecule has 0 spiro atoms. The Hall–Kier alpha value is -3.33. The highest BCUT2D eigenvalue weighted by Crippen LogP contribution is 2.43. The molecule has 0 aromatic rings. The lowest BCUT2D eigenvalue weighted by Crippen LogP contribution is -2.29. The van der Waals surface area contributed by atoms with Crippen LogP contribution in [0, 0.1) is 0 Å². The number of carbonyl (C=O) groups excluding carboxylic acids is 2. The Balaban J connectivity index is 3.82. The van der Waals surface area contributed by atoms with Crippen LogP contribution in [-0.4, -0.2) is 49.3 Å². The lowest BCUT2D eigenvalue weighted by Gasteiger charge is -2.19. The van der Waals surface area contributed by atoms with Gasteiger partial charge in [0, 0.05) is 19.4 Å². The largest absolute Gasteiger partial charge is 0.472 e. The van der Waals surface area contributed by atoms with Crippen molar-refractivity contribution in [3.05, 3.63) is 109 Å². The number of hydrogen-bond acceptors (Lipinski definition) is 8. The third kappa shape index (κ3) is 57.8. The Bertz CT molecular complexity index is 1560. The number of unbranched alkanes of at least 4 members (excludes halogenated alkanes) is 23. The zero-order valence-corrected chi connectivity index (χ0v) is 47.5. The Morgan fingerprint density at radius 3 is 1.11 bits per heavy atom. The summed E-state index contributed by atoms with van der Waals surface area (Å²) in [6.07, 6.45) is 79.2. The second kappa shape index (κ2) is 57.9. The van der Waals surface area contributed by atoms with E-state index in [2.05, 4.69) is 111 Å². The third-order valence-corrected chi connectivity index (χ3v) is 13.2. The lowest BCUT2D eigenvalue weighted by molar-refractivity contribution is -0.161. The third-order valence-electron chi connectivity index (χ3n) is 12.2. The first-order valence-corrected chi connectivity index (χ1v) is 30.9. The molecule has 0 saturated heterocycles. The minimum atomic E-state index is -4.40. The molecule has 0 heterocycles.